The number of rotatable bonds is 12. The van der Waals surface area contributed by atoms with Crippen molar-refractivity contribution in [3.8, 4) is 0 Å². The zero-order valence-electron chi connectivity index (χ0n) is 22.3. The quantitative estimate of drug-likeness (QED) is 0.227. The number of nitrogens with one attached hydrogen (secondary N) is 5. The minimum Gasteiger partial charge on any atom is -0.387 e. The zero-order chi connectivity index (χ0) is 27.8. The molecule has 0 saturated carbocycles. The molecule has 13 nitrogen and oxygen atoms in total. The lowest BCUT2D eigenvalue weighted by atomic mass is 10.3. The van der Waals surface area contributed by atoms with Gasteiger partial charge in [0.1, 0.15) is 11.4 Å². The number of carbonyl (C=O) groups excluding carboxylic acids is 4. The first-order chi connectivity index (χ1) is 18.1. The Labute approximate surface area is 221 Å². The third kappa shape index (κ3) is 7.02. The second-order valence-electron chi connectivity index (χ2n) is 8.88. The lowest BCUT2D eigenvalue weighted by Crippen LogP contribution is -2.29. The first-order valence-corrected chi connectivity index (χ1v) is 12.3. The summed E-state index contributed by atoms with van der Waals surface area (Å²) in [7, 11) is 6.89. The maximum Gasteiger partial charge on any atom is 0.291 e. The van der Waals surface area contributed by atoms with E-state index in [4.69, 9.17) is 0 Å². The third-order valence-electron chi connectivity index (χ3n) is 5.82. The summed E-state index contributed by atoms with van der Waals surface area (Å²) in [5, 5.41) is 13.9. The molecule has 3 aromatic heterocycles. The molecule has 0 bridgehead atoms. The largest absolute Gasteiger partial charge is 0.387 e. The van der Waals surface area contributed by atoms with E-state index in [0.717, 1.165) is 18.5 Å². The van der Waals surface area contributed by atoms with E-state index < -0.39 is 5.91 Å². The maximum absolute atomic E-state index is 12.8. The smallest absolute Gasteiger partial charge is 0.291 e. The topological polar surface area (TPSA) is 156 Å². The van der Waals surface area contributed by atoms with Crippen molar-refractivity contribution in [3.05, 3.63) is 47.9 Å². The molecule has 0 fully saturated rings. The summed E-state index contributed by atoms with van der Waals surface area (Å²) in [6.45, 7) is 2.76. The minimum atomic E-state index is -0.493. The molecule has 38 heavy (non-hydrogen) atoms. The minimum absolute atomic E-state index is 0.0280. The summed E-state index contributed by atoms with van der Waals surface area (Å²) in [4.78, 5) is 54.1. The molecule has 3 heterocycles. The van der Waals surface area contributed by atoms with Crippen LogP contribution in [0.2, 0.25) is 0 Å². The predicted octanol–water partition coefficient (Wildman–Crippen LogP) is 1.68. The second kappa shape index (κ2) is 12.6. The van der Waals surface area contributed by atoms with Crippen LogP contribution in [-0.2, 0) is 25.9 Å². The van der Waals surface area contributed by atoms with E-state index in [0.29, 0.717) is 23.6 Å². The molecule has 0 aromatic carbocycles. The molecule has 13 heteroatoms. The number of hydrogen-bond donors (Lipinski definition) is 5. The molecule has 204 valence electrons. The first-order valence-electron chi connectivity index (χ1n) is 12.3. The van der Waals surface area contributed by atoms with Crippen LogP contribution < -0.4 is 26.6 Å². The molecule has 4 amide bonds. The van der Waals surface area contributed by atoms with Gasteiger partial charge in [-0.05, 0) is 18.6 Å². The van der Waals surface area contributed by atoms with Gasteiger partial charge in [0.05, 0.1) is 11.4 Å². The molecule has 0 spiro atoms. The monoisotopic (exact) mass is 525 g/mol. The number of nitrogens with zero attached hydrogens (tertiary/aromatic N) is 4. The van der Waals surface area contributed by atoms with Gasteiger partial charge in [-0.25, -0.2) is 4.98 Å². The summed E-state index contributed by atoms with van der Waals surface area (Å²) in [6, 6.07) is 3.31. The molecular formula is C25H35N9O4. The Bertz CT molecular complexity index is 1320. The van der Waals surface area contributed by atoms with Gasteiger partial charge in [0, 0.05) is 66.3 Å². The normalized spacial score (nSPS) is 10.7. The highest BCUT2D eigenvalue weighted by molar-refractivity contribution is 6.03. The molecular weight excluding hydrogens is 490 g/mol. The SMILES string of the molecule is CCCCNC(=O)c1cc(NC(=O)c2nc(NC(=O)CCNC(=O)c3cc(NC)cn3C)cn2C)cn1C. The van der Waals surface area contributed by atoms with Crippen molar-refractivity contribution in [3.63, 3.8) is 0 Å². The highest BCUT2D eigenvalue weighted by Crippen LogP contribution is 2.16. The van der Waals surface area contributed by atoms with Gasteiger partial charge in [-0.3, -0.25) is 19.2 Å². The summed E-state index contributed by atoms with van der Waals surface area (Å²) in [5.74, 6) is -1.08. The van der Waals surface area contributed by atoms with Crippen molar-refractivity contribution in [2.45, 2.75) is 26.2 Å². The Morgan fingerprint density at radius 2 is 1.39 bits per heavy atom. The molecule has 0 unspecified atom stereocenters. The summed E-state index contributed by atoms with van der Waals surface area (Å²) in [6.07, 6.45) is 6.84. The van der Waals surface area contributed by atoms with Crippen LogP contribution in [0.1, 0.15) is 57.8 Å². The van der Waals surface area contributed by atoms with Crippen LogP contribution in [0.15, 0.2) is 30.7 Å². The van der Waals surface area contributed by atoms with Crippen LogP contribution in [-0.4, -0.2) is 62.5 Å². The number of aryl methyl sites for hydroxylation is 3. The molecule has 5 N–H and O–H groups in total. The van der Waals surface area contributed by atoms with Crippen LogP contribution >= 0.6 is 0 Å². The Balaban J connectivity index is 1.52. The Morgan fingerprint density at radius 1 is 0.789 bits per heavy atom. The molecule has 3 rings (SSSR count). The Hall–Kier alpha value is -4.55. The van der Waals surface area contributed by atoms with Crippen molar-refractivity contribution in [1.29, 1.82) is 0 Å². The number of imidazole rings is 1. The Kier molecular flexibility index (Phi) is 9.30. The summed E-state index contributed by atoms with van der Waals surface area (Å²) in [5.41, 5.74) is 2.15. The van der Waals surface area contributed by atoms with Crippen LogP contribution in [0.5, 0.6) is 0 Å². The van der Waals surface area contributed by atoms with E-state index >= 15 is 0 Å². The standard InChI is InChI=1S/C25H35N9O4/c1-6-7-9-27-23(36)19-12-17(14-33(19)4)29-25(38)22-31-20(15-34(22)5)30-21(35)8-10-28-24(37)18-11-16(26-2)13-32(18)3/h11-15,26H,6-10H2,1-5H3,(H,27,36)(H,28,37)(H,29,38)(H,30,35). The van der Waals surface area contributed by atoms with Gasteiger partial charge < -0.3 is 40.3 Å². The number of carbonyl (C=O) groups is 4. The fraction of sp³-hybridized carbons (Fsp3) is 0.400. The number of unbranched alkanes of at least 4 members (excludes halogenated alkanes) is 1. The molecule has 3 aromatic rings. The number of amides is 4. The van der Waals surface area contributed by atoms with Crippen LogP contribution in [0.4, 0.5) is 17.2 Å². The van der Waals surface area contributed by atoms with Gasteiger partial charge in [0.2, 0.25) is 11.7 Å². The maximum atomic E-state index is 12.8. The average Bonchev–Trinajstić information content (AvgIpc) is 3.54. The molecule has 0 aliphatic carbocycles. The molecule has 0 aliphatic heterocycles. The highest BCUT2D eigenvalue weighted by Gasteiger charge is 2.18. The lowest BCUT2D eigenvalue weighted by Gasteiger charge is -2.06. The average molecular weight is 526 g/mol. The van der Waals surface area contributed by atoms with Crippen LogP contribution in [0.25, 0.3) is 0 Å². The molecule has 0 atom stereocenters. The van der Waals surface area contributed by atoms with Gasteiger partial charge in [-0.1, -0.05) is 13.3 Å². The molecule has 0 radical (unpaired) electrons. The fourth-order valence-corrected chi connectivity index (χ4v) is 3.76. The number of hydrogen-bond acceptors (Lipinski definition) is 6. The number of aromatic nitrogens is 4. The van der Waals surface area contributed by atoms with Crippen molar-refractivity contribution in [1.82, 2.24) is 29.3 Å². The zero-order valence-corrected chi connectivity index (χ0v) is 22.3. The van der Waals surface area contributed by atoms with Crippen LogP contribution in [0, 0.1) is 0 Å². The Morgan fingerprint density at radius 3 is 2.00 bits per heavy atom. The van der Waals surface area contributed by atoms with Crippen molar-refractivity contribution in [2.24, 2.45) is 21.1 Å². The van der Waals surface area contributed by atoms with E-state index in [-0.39, 0.29) is 42.3 Å². The molecule has 0 saturated heterocycles. The van der Waals surface area contributed by atoms with E-state index in [1.165, 1.54) is 10.8 Å². The molecule has 0 aliphatic rings. The fourth-order valence-electron chi connectivity index (χ4n) is 3.76. The van der Waals surface area contributed by atoms with Crippen LogP contribution in [0.3, 0.4) is 0 Å². The van der Waals surface area contributed by atoms with Gasteiger partial charge in [-0.2, -0.15) is 0 Å². The van der Waals surface area contributed by atoms with Gasteiger partial charge >= 0.3 is 0 Å². The highest BCUT2D eigenvalue weighted by atomic mass is 16.2. The van der Waals surface area contributed by atoms with E-state index in [1.807, 2.05) is 6.92 Å². The van der Waals surface area contributed by atoms with E-state index in [9.17, 15) is 19.2 Å². The predicted molar refractivity (Wildman–Crippen MR) is 144 cm³/mol. The summed E-state index contributed by atoms with van der Waals surface area (Å²) >= 11 is 0. The van der Waals surface area contributed by atoms with Gasteiger partial charge in [0.25, 0.3) is 17.7 Å². The number of anilines is 3. The van der Waals surface area contributed by atoms with Crippen molar-refractivity contribution in [2.75, 3.05) is 36.1 Å². The first kappa shape index (κ1) is 28.0. The van der Waals surface area contributed by atoms with Gasteiger partial charge in [-0.15, -0.1) is 0 Å². The van der Waals surface area contributed by atoms with E-state index in [2.05, 4.69) is 31.6 Å². The van der Waals surface area contributed by atoms with Gasteiger partial charge in [0.15, 0.2) is 5.82 Å². The third-order valence-corrected chi connectivity index (χ3v) is 5.82. The summed E-state index contributed by atoms with van der Waals surface area (Å²) < 4.78 is 4.82. The van der Waals surface area contributed by atoms with Crippen molar-refractivity contribution < 1.29 is 19.2 Å². The second-order valence-corrected chi connectivity index (χ2v) is 8.88. The lowest BCUT2D eigenvalue weighted by molar-refractivity contribution is -0.116. The van der Waals surface area contributed by atoms with Crippen molar-refractivity contribution >= 4 is 40.8 Å². The van der Waals surface area contributed by atoms with E-state index in [1.54, 1.807) is 61.9 Å².